The van der Waals surface area contributed by atoms with Gasteiger partial charge in [-0.3, -0.25) is 9.69 Å². The number of hydrogen-bond donors (Lipinski definition) is 1. The van der Waals surface area contributed by atoms with Crippen molar-refractivity contribution in [2.24, 2.45) is 0 Å². The molecule has 1 fully saturated rings. The molecular weight excluding hydrogens is 422 g/mol. The Labute approximate surface area is 192 Å². The van der Waals surface area contributed by atoms with Crippen LogP contribution >= 0.6 is 11.8 Å². The van der Waals surface area contributed by atoms with E-state index in [0.717, 1.165) is 55.2 Å². The fourth-order valence-electron chi connectivity index (χ4n) is 3.71. The molecule has 4 rings (SSSR count). The first-order valence-corrected chi connectivity index (χ1v) is 11.6. The fourth-order valence-corrected chi connectivity index (χ4v) is 4.28. The summed E-state index contributed by atoms with van der Waals surface area (Å²) in [5.74, 6) is 0.548. The quantitative estimate of drug-likeness (QED) is 0.410. The Bertz CT molecular complexity index is 1080. The monoisotopic (exact) mass is 449 g/mol. The molecule has 2 heterocycles. The predicted molar refractivity (Wildman–Crippen MR) is 129 cm³/mol. The number of piperazine rings is 1. The van der Waals surface area contributed by atoms with Crippen LogP contribution in [0.25, 0.3) is 11.5 Å². The Morgan fingerprint density at radius 3 is 2.66 bits per heavy atom. The Morgan fingerprint density at radius 2 is 1.88 bits per heavy atom. The van der Waals surface area contributed by atoms with E-state index in [1.165, 1.54) is 11.8 Å². The number of para-hydroxylation sites is 2. The summed E-state index contributed by atoms with van der Waals surface area (Å²) in [6.45, 7) is 10.5. The van der Waals surface area contributed by atoms with Crippen LogP contribution in [0, 0.1) is 6.92 Å². The third-order valence-corrected chi connectivity index (χ3v) is 6.21. The lowest BCUT2D eigenvalue weighted by Gasteiger charge is -2.36. The lowest BCUT2D eigenvalue weighted by Crippen LogP contribution is -2.46. The molecule has 166 valence electrons. The van der Waals surface area contributed by atoms with Crippen molar-refractivity contribution in [3.63, 3.8) is 0 Å². The van der Waals surface area contributed by atoms with Gasteiger partial charge in [0.2, 0.25) is 11.8 Å². The molecule has 0 saturated carbocycles. The van der Waals surface area contributed by atoms with Crippen LogP contribution in [0.2, 0.25) is 0 Å². The maximum Gasteiger partial charge on any atom is 0.277 e. The van der Waals surface area contributed by atoms with Crippen molar-refractivity contribution in [1.29, 1.82) is 0 Å². The second kappa shape index (κ2) is 10.5. The highest BCUT2D eigenvalue weighted by atomic mass is 32.2. The van der Waals surface area contributed by atoms with Crippen LogP contribution in [-0.2, 0) is 4.79 Å². The number of anilines is 2. The highest BCUT2D eigenvalue weighted by Crippen LogP contribution is 2.28. The Morgan fingerprint density at radius 1 is 1.12 bits per heavy atom. The molecule has 2 aromatic carbocycles. The normalized spacial score (nSPS) is 14.3. The van der Waals surface area contributed by atoms with Crippen LogP contribution in [0.1, 0.15) is 5.56 Å². The van der Waals surface area contributed by atoms with E-state index in [0.29, 0.717) is 11.1 Å². The molecule has 0 aliphatic carbocycles. The minimum absolute atomic E-state index is 0.108. The van der Waals surface area contributed by atoms with Crippen LogP contribution in [0.4, 0.5) is 11.4 Å². The third kappa shape index (κ3) is 5.38. The molecule has 1 aliphatic heterocycles. The molecule has 1 saturated heterocycles. The lowest BCUT2D eigenvalue weighted by atomic mass is 10.1. The first kappa shape index (κ1) is 22.1. The summed E-state index contributed by atoms with van der Waals surface area (Å²) in [6, 6.07) is 15.8. The van der Waals surface area contributed by atoms with Crippen molar-refractivity contribution in [2.45, 2.75) is 12.1 Å². The first-order chi connectivity index (χ1) is 15.6. The molecule has 0 spiro atoms. The van der Waals surface area contributed by atoms with Crippen LogP contribution in [0.3, 0.4) is 0 Å². The Kier molecular flexibility index (Phi) is 7.24. The van der Waals surface area contributed by atoms with Gasteiger partial charge in [-0.05, 0) is 30.7 Å². The number of carbonyl (C=O) groups is 1. The number of carbonyl (C=O) groups excluding carboxylic acids is 1. The molecule has 1 N–H and O–H groups in total. The summed E-state index contributed by atoms with van der Waals surface area (Å²) < 4.78 is 5.74. The zero-order chi connectivity index (χ0) is 22.3. The molecule has 7 nitrogen and oxygen atoms in total. The molecule has 8 heteroatoms. The summed E-state index contributed by atoms with van der Waals surface area (Å²) in [5.41, 5.74) is 3.83. The van der Waals surface area contributed by atoms with Gasteiger partial charge in [-0.2, -0.15) is 0 Å². The van der Waals surface area contributed by atoms with Gasteiger partial charge in [-0.15, -0.1) is 16.8 Å². The van der Waals surface area contributed by atoms with Gasteiger partial charge in [0.05, 0.1) is 17.1 Å². The molecule has 0 unspecified atom stereocenters. The second-order valence-corrected chi connectivity index (χ2v) is 8.54. The first-order valence-electron chi connectivity index (χ1n) is 10.6. The molecule has 0 radical (unpaired) electrons. The smallest absolute Gasteiger partial charge is 0.277 e. The summed E-state index contributed by atoms with van der Waals surface area (Å²) >= 11 is 1.23. The molecule has 0 atom stereocenters. The molecule has 3 aromatic rings. The van der Waals surface area contributed by atoms with Gasteiger partial charge in [-0.1, -0.05) is 48.2 Å². The number of nitrogens with one attached hydrogen (secondary N) is 1. The largest absolute Gasteiger partial charge is 0.411 e. The lowest BCUT2D eigenvalue weighted by molar-refractivity contribution is -0.113. The van der Waals surface area contributed by atoms with Crippen LogP contribution in [-0.4, -0.2) is 59.5 Å². The van der Waals surface area contributed by atoms with E-state index in [1.807, 2.05) is 55.5 Å². The van der Waals surface area contributed by atoms with Gasteiger partial charge in [-0.25, -0.2) is 0 Å². The topological polar surface area (TPSA) is 74.5 Å². The number of aryl methyl sites for hydroxylation is 1. The van der Waals surface area contributed by atoms with Crippen molar-refractivity contribution >= 4 is 29.0 Å². The highest BCUT2D eigenvalue weighted by molar-refractivity contribution is 7.99. The number of benzene rings is 2. The van der Waals surface area contributed by atoms with E-state index in [2.05, 4.69) is 38.0 Å². The van der Waals surface area contributed by atoms with Gasteiger partial charge in [0.1, 0.15) is 0 Å². The van der Waals surface area contributed by atoms with Gasteiger partial charge < -0.3 is 14.6 Å². The second-order valence-electron chi connectivity index (χ2n) is 7.62. The van der Waals surface area contributed by atoms with E-state index < -0.39 is 0 Å². The predicted octanol–water partition coefficient (Wildman–Crippen LogP) is 4.08. The minimum Gasteiger partial charge on any atom is -0.411 e. The Hall–Kier alpha value is -3.10. The SMILES string of the molecule is C=CCN1CCN(c2ccccc2NC(=O)CSc2nnc(-c3ccccc3C)o2)CC1. The van der Waals surface area contributed by atoms with Gasteiger partial charge in [0, 0.05) is 38.3 Å². The maximum atomic E-state index is 12.6. The number of nitrogens with zero attached hydrogens (tertiary/aromatic N) is 4. The number of aromatic nitrogens is 2. The van der Waals surface area contributed by atoms with Crippen LogP contribution in [0.15, 0.2) is 70.8 Å². The van der Waals surface area contributed by atoms with Crippen LogP contribution in [0.5, 0.6) is 0 Å². The van der Waals surface area contributed by atoms with Crippen molar-refractivity contribution in [3.05, 3.63) is 66.7 Å². The average Bonchev–Trinajstić information content (AvgIpc) is 3.28. The van der Waals surface area contributed by atoms with E-state index in [1.54, 1.807) is 0 Å². The van der Waals surface area contributed by atoms with E-state index in [9.17, 15) is 4.79 Å². The Balaban J connectivity index is 1.34. The van der Waals surface area contributed by atoms with E-state index >= 15 is 0 Å². The number of thioether (sulfide) groups is 1. The summed E-state index contributed by atoms with van der Waals surface area (Å²) in [6.07, 6.45) is 1.94. The summed E-state index contributed by atoms with van der Waals surface area (Å²) in [5, 5.41) is 11.6. The standard InChI is InChI=1S/C24H27N5O2S/c1-3-12-28-13-15-29(16-14-28)21-11-7-6-10-20(21)25-22(30)17-32-24-27-26-23(31-24)19-9-5-4-8-18(19)2/h3-11H,1,12-17H2,2H3,(H,25,30). The van der Waals surface area contributed by atoms with Crippen molar-refractivity contribution in [1.82, 2.24) is 15.1 Å². The molecule has 1 aromatic heterocycles. The molecule has 32 heavy (non-hydrogen) atoms. The van der Waals surface area contributed by atoms with Gasteiger partial charge in [0.15, 0.2) is 0 Å². The maximum absolute atomic E-state index is 12.6. The van der Waals surface area contributed by atoms with Crippen molar-refractivity contribution in [2.75, 3.05) is 48.7 Å². The van der Waals surface area contributed by atoms with E-state index in [4.69, 9.17) is 4.42 Å². The number of amides is 1. The van der Waals surface area contributed by atoms with Gasteiger partial charge in [0.25, 0.3) is 5.22 Å². The zero-order valence-corrected chi connectivity index (χ0v) is 19.0. The molecule has 1 amide bonds. The number of hydrogen-bond acceptors (Lipinski definition) is 7. The fraction of sp³-hybridized carbons (Fsp3) is 0.292. The summed E-state index contributed by atoms with van der Waals surface area (Å²) in [7, 11) is 0. The van der Waals surface area contributed by atoms with Crippen molar-refractivity contribution in [3.8, 4) is 11.5 Å². The van der Waals surface area contributed by atoms with Crippen molar-refractivity contribution < 1.29 is 9.21 Å². The van der Waals surface area contributed by atoms with E-state index in [-0.39, 0.29) is 11.7 Å². The summed E-state index contributed by atoms with van der Waals surface area (Å²) in [4.78, 5) is 17.3. The molecule has 0 bridgehead atoms. The third-order valence-electron chi connectivity index (χ3n) is 5.39. The molecule has 1 aliphatic rings. The average molecular weight is 450 g/mol. The van der Waals surface area contributed by atoms with Gasteiger partial charge >= 0.3 is 0 Å². The molecular formula is C24H27N5O2S. The van der Waals surface area contributed by atoms with Crippen LogP contribution < -0.4 is 10.2 Å². The minimum atomic E-state index is -0.108. The highest BCUT2D eigenvalue weighted by Gasteiger charge is 2.19. The zero-order valence-electron chi connectivity index (χ0n) is 18.2. The number of rotatable bonds is 8.